The van der Waals surface area contributed by atoms with Gasteiger partial charge in [-0.1, -0.05) is 23.2 Å². The van der Waals surface area contributed by atoms with Crippen LogP contribution < -0.4 is 0 Å². The van der Waals surface area contributed by atoms with E-state index in [2.05, 4.69) is 27.8 Å². The molecule has 1 aliphatic rings. The molecule has 1 aliphatic heterocycles. The van der Waals surface area contributed by atoms with E-state index in [-0.39, 0.29) is 11.9 Å². The summed E-state index contributed by atoms with van der Waals surface area (Å²) >= 11 is 15.7. The summed E-state index contributed by atoms with van der Waals surface area (Å²) in [5, 5.41) is 0.962. The molecule has 3 aromatic rings. The molecule has 1 saturated heterocycles. The minimum absolute atomic E-state index is 0.0448. The van der Waals surface area contributed by atoms with E-state index in [1.165, 1.54) is 6.42 Å². The summed E-state index contributed by atoms with van der Waals surface area (Å²) in [5.41, 5.74) is 2.56. The fraction of sp³-hybridized carbons (Fsp3) is 0.300. The summed E-state index contributed by atoms with van der Waals surface area (Å²) in [7, 11) is 0. The smallest absolute Gasteiger partial charge is 0.254 e. The number of carbonyl (C=O) groups is 1. The van der Waals surface area contributed by atoms with Crippen LogP contribution in [0.5, 0.6) is 0 Å². The molecule has 0 unspecified atom stereocenters. The molecular formula is C20H17BrCl2N2O2. The van der Waals surface area contributed by atoms with Crippen LogP contribution in [0.1, 0.15) is 36.5 Å². The number of carbonyl (C=O) groups excluding carboxylic acids is 1. The van der Waals surface area contributed by atoms with E-state index in [1.807, 2.05) is 4.90 Å². The van der Waals surface area contributed by atoms with Crippen LogP contribution in [0.2, 0.25) is 10.0 Å². The minimum Gasteiger partial charge on any atom is -0.436 e. The maximum Gasteiger partial charge on any atom is 0.254 e. The Labute approximate surface area is 175 Å². The highest BCUT2D eigenvalue weighted by atomic mass is 79.9. The highest BCUT2D eigenvalue weighted by molar-refractivity contribution is 9.10. The molecule has 4 rings (SSSR count). The SMILES string of the molecule is C[C@H]1CCCCN1C(=O)c1ccc2oc(-c3cc(Cl)c(Br)c(Cl)c3)nc2c1. The van der Waals surface area contributed by atoms with Crippen molar-refractivity contribution in [2.45, 2.75) is 32.2 Å². The molecule has 7 heteroatoms. The lowest BCUT2D eigenvalue weighted by molar-refractivity contribution is 0.0636. The molecule has 2 heterocycles. The van der Waals surface area contributed by atoms with E-state index in [1.54, 1.807) is 30.3 Å². The first kappa shape index (κ1) is 18.8. The summed E-state index contributed by atoms with van der Waals surface area (Å²) in [6, 6.07) is 9.11. The number of halogens is 3. The first-order valence-corrected chi connectivity index (χ1v) is 10.4. The molecule has 0 bridgehead atoms. The topological polar surface area (TPSA) is 46.3 Å². The molecule has 1 fully saturated rings. The Morgan fingerprint density at radius 2 is 1.96 bits per heavy atom. The largest absolute Gasteiger partial charge is 0.436 e. The lowest BCUT2D eigenvalue weighted by Gasteiger charge is -2.33. The maximum absolute atomic E-state index is 12.9. The average molecular weight is 468 g/mol. The fourth-order valence-corrected chi connectivity index (χ4v) is 4.14. The maximum atomic E-state index is 12.9. The highest BCUT2D eigenvalue weighted by Gasteiger charge is 2.24. The number of fused-ring (bicyclic) bond motifs is 1. The van der Waals surface area contributed by atoms with Gasteiger partial charge in [-0.15, -0.1) is 0 Å². The molecule has 1 aromatic heterocycles. The van der Waals surface area contributed by atoms with E-state index < -0.39 is 0 Å². The van der Waals surface area contributed by atoms with Crippen LogP contribution in [-0.4, -0.2) is 28.4 Å². The molecule has 1 atom stereocenters. The zero-order chi connectivity index (χ0) is 19.1. The first-order valence-electron chi connectivity index (χ1n) is 8.80. The number of hydrogen-bond donors (Lipinski definition) is 0. The molecule has 0 aliphatic carbocycles. The van der Waals surface area contributed by atoms with Crippen molar-refractivity contribution >= 4 is 56.1 Å². The van der Waals surface area contributed by atoms with Crippen molar-refractivity contribution in [2.24, 2.45) is 0 Å². The number of rotatable bonds is 2. The van der Waals surface area contributed by atoms with Crippen LogP contribution in [0.25, 0.3) is 22.6 Å². The van der Waals surface area contributed by atoms with Gasteiger partial charge in [-0.2, -0.15) is 0 Å². The second-order valence-corrected chi connectivity index (χ2v) is 8.41. The third-order valence-electron chi connectivity index (χ3n) is 4.93. The van der Waals surface area contributed by atoms with Gasteiger partial charge in [0, 0.05) is 23.7 Å². The van der Waals surface area contributed by atoms with Gasteiger partial charge in [0.2, 0.25) is 5.89 Å². The Hall–Kier alpha value is -1.56. The number of piperidine rings is 1. The Morgan fingerprint density at radius 1 is 1.22 bits per heavy atom. The third-order valence-corrected chi connectivity index (χ3v) is 6.84. The van der Waals surface area contributed by atoms with Crippen molar-refractivity contribution in [3.8, 4) is 11.5 Å². The standard InChI is InChI=1S/C20H17BrCl2N2O2/c1-11-4-2-3-7-25(11)20(26)12-5-6-17-16(10-12)24-19(27-17)13-8-14(22)18(21)15(23)9-13/h5-6,8-11H,2-4,7H2,1H3/t11-/m0/s1. The molecule has 2 aromatic carbocycles. The highest BCUT2D eigenvalue weighted by Crippen LogP contribution is 2.36. The number of nitrogens with zero attached hydrogens (tertiary/aromatic N) is 2. The van der Waals surface area contributed by atoms with Gasteiger partial charge in [-0.3, -0.25) is 4.79 Å². The zero-order valence-electron chi connectivity index (χ0n) is 14.6. The van der Waals surface area contributed by atoms with E-state index in [0.717, 1.165) is 19.4 Å². The number of benzene rings is 2. The first-order chi connectivity index (χ1) is 12.9. The van der Waals surface area contributed by atoms with Crippen molar-refractivity contribution in [1.82, 2.24) is 9.88 Å². The predicted molar refractivity (Wildman–Crippen MR) is 112 cm³/mol. The van der Waals surface area contributed by atoms with Crippen molar-refractivity contribution in [3.63, 3.8) is 0 Å². The second kappa shape index (κ2) is 7.46. The molecule has 0 spiro atoms. The molecular weight excluding hydrogens is 451 g/mol. The van der Waals surface area contributed by atoms with Crippen LogP contribution in [0.3, 0.4) is 0 Å². The molecule has 0 N–H and O–H groups in total. The molecule has 1 amide bonds. The fourth-order valence-electron chi connectivity index (χ4n) is 3.43. The van der Waals surface area contributed by atoms with E-state index >= 15 is 0 Å². The Bertz CT molecular complexity index is 1010. The van der Waals surface area contributed by atoms with Gasteiger partial charge in [-0.25, -0.2) is 4.98 Å². The van der Waals surface area contributed by atoms with Crippen LogP contribution in [0, 0.1) is 0 Å². The number of amides is 1. The van der Waals surface area contributed by atoms with Crippen molar-refractivity contribution in [1.29, 1.82) is 0 Å². The summed E-state index contributed by atoms with van der Waals surface area (Å²) < 4.78 is 6.47. The monoisotopic (exact) mass is 466 g/mol. The van der Waals surface area contributed by atoms with Crippen molar-refractivity contribution in [3.05, 3.63) is 50.4 Å². The third kappa shape index (κ3) is 3.60. The van der Waals surface area contributed by atoms with Crippen molar-refractivity contribution < 1.29 is 9.21 Å². The molecule has 0 saturated carbocycles. The van der Waals surface area contributed by atoms with E-state index in [0.29, 0.717) is 42.6 Å². The second-order valence-electron chi connectivity index (χ2n) is 6.80. The van der Waals surface area contributed by atoms with Crippen LogP contribution in [0.4, 0.5) is 0 Å². The molecule has 4 nitrogen and oxygen atoms in total. The van der Waals surface area contributed by atoms with Gasteiger partial charge in [0.15, 0.2) is 5.58 Å². The van der Waals surface area contributed by atoms with Gasteiger partial charge < -0.3 is 9.32 Å². The van der Waals surface area contributed by atoms with Gasteiger partial charge in [0.25, 0.3) is 5.91 Å². The Balaban J connectivity index is 1.69. The number of oxazole rings is 1. The zero-order valence-corrected chi connectivity index (χ0v) is 17.7. The average Bonchev–Trinajstić information content (AvgIpc) is 3.09. The van der Waals surface area contributed by atoms with Crippen molar-refractivity contribution in [2.75, 3.05) is 6.54 Å². The van der Waals surface area contributed by atoms with Gasteiger partial charge in [-0.05, 0) is 72.4 Å². The molecule has 0 radical (unpaired) electrons. The Morgan fingerprint density at radius 3 is 2.67 bits per heavy atom. The lowest BCUT2D eigenvalue weighted by Crippen LogP contribution is -2.42. The predicted octanol–water partition coefficient (Wildman–Crippen LogP) is 6.58. The van der Waals surface area contributed by atoms with Crippen LogP contribution in [-0.2, 0) is 0 Å². The molecule has 27 heavy (non-hydrogen) atoms. The number of aromatic nitrogens is 1. The summed E-state index contributed by atoms with van der Waals surface area (Å²) in [6.07, 6.45) is 3.28. The van der Waals surface area contributed by atoms with Gasteiger partial charge >= 0.3 is 0 Å². The Kier molecular flexibility index (Phi) is 5.19. The molecule has 140 valence electrons. The lowest BCUT2D eigenvalue weighted by atomic mass is 10.0. The number of hydrogen-bond acceptors (Lipinski definition) is 3. The summed E-state index contributed by atoms with van der Waals surface area (Å²) in [6.45, 7) is 2.91. The minimum atomic E-state index is 0.0448. The van der Waals surface area contributed by atoms with Crippen LogP contribution >= 0.6 is 39.1 Å². The van der Waals surface area contributed by atoms with Gasteiger partial charge in [0.05, 0.1) is 14.5 Å². The van der Waals surface area contributed by atoms with Gasteiger partial charge in [0.1, 0.15) is 5.52 Å². The summed E-state index contributed by atoms with van der Waals surface area (Å²) in [5.74, 6) is 0.459. The normalized spacial score (nSPS) is 17.5. The quantitative estimate of drug-likeness (QED) is 0.400. The number of likely N-dealkylation sites (tertiary alicyclic amines) is 1. The summed E-state index contributed by atoms with van der Waals surface area (Å²) in [4.78, 5) is 19.4. The van der Waals surface area contributed by atoms with Crippen LogP contribution in [0.15, 0.2) is 39.2 Å². The van der Waals surface area contributed by atoms with E-state index in [4.69, 9.17) is 27.6 Å². The van der Waals surface area contributed by atoms with E-state index in [9.17, 15) is 4.79 Å².